The van der Waals surface area contributed by atoms with E-state index >= 15 is 0 Å². The molecule has 6 nitrogen and oxygen atoms in total. The molecule has 6 heteroatoms. The maximum Gasteiger partial charge on any atom is 0.225 e. The van der Waals surface area contributed by atoms with Crippen LogP contribution in [0.25, 0.3) is 0 Å². The molecule has 1 aromatic heterocycles. The summed E-state index contributed by atoms with van der Waals surface area (Å²) < 4.78 is 0. The molecule has 4 fully saturated rings. The molecule has 0 bridgehead atoms. The zero-order valence-corrected chi connectivity index (χ0v) is 18.0. The number of rotatable bonds is 5. The summed E-state index contributed by atoms with van der Waals surface area (Å²) in [6.07, 6.45) is 11.8. The molecule has 3 heterocycles. The van der Waals surface area contributed by atoms with E-state index in [2.05, 4.69) is 19.7 Å². The third-order valence-corrected chi connectivity index (χ3v) is 8.19. The van der Waals surface area contributed by atoms with Crippen LogP contribution in [0, 0.1) is 11.3 Å². The van der Waals surface area contributed by atoms with E-state index < -0.39 is 0 Å². The van der Waals surface area contributed by atoms with Crippen LogP contribution >= 0.6 is 0 Å². The fourth-order valence-electron chi connectivity index (χ4n) is 5.89. The van der Waals surface area contributed by atoms with Gasteiger partial charge in [0.25, 0.3) is 0 Å². The minimum absolute atomic E-state index is 0.154. The molecule has 2 aliphatic heterocycles. The SMILES string of the molecule is O=C(CN1CCC2(CC1)CC(C(=O)N1CCN(C3CCC3)CC1)C2)c1cccnc1. The van der Waals surface area contributed by atoms with Crippen molar-refractivity contribution < 1.29 is 9.59 Å². The Balaban J connectivity index is 1.05. The summed E-state index contributed by atoms with van der Waals surface area (Å²) >= 11 is 0. The molecule has 1 amide bonds. The fourth-order valence-corrected chi connectivity index (χ4v) is 5.89. The first-order valence-corrected chi connectivity index (χ1v) is 11.8. The van der Waals surface area contributed by atoms with Crippen molar-refractivity contribution >= 4 is 11.7 Å². The smallest absolute Gasteiger partial charge is 0.225 e. The standard InChI is InChI=1S/C24H34N4O2/c29-22(19-3-2-8-25-17-19)18-26-9-6-24(7-10-26)15-20(16-24)23(30)28-13-11-27(12-14-28)21-4-1-5-21/h2-3,8,17,20-21H,1,4-7,9-16,18H2. The number of Topliss-reactive ketones (excluding diaryl/α,β-unsaturated/α-hetero) is 1. The molecule has 4 aliphatic rings. The summed E-state index contributed by atoms with van der Waals surface area (Å²) in [6.45, 7) is 6.38. The molecule has 1 aromatic rings. The lowest BCUT2D eigenvalue weighted by Gasteiger charge is -2.53. The van der Waals surface area contributed by atoms with Crippen LogP contribution in [0.1, 0.15) is 55.3 Å². The number of amides is 1. The van der Waals surface area contributed by atoms with E-state index in [1.54, 1.807) is 12.4 Å². The highest BCUT2D eigenvalue weighted by Crippen LogP contribution is 2.53. The Morgan fingerprint density at radius 1 is 1.03 bits per heavy atom. The highest BCUT2D eigenvalue weighted by atomic mass is 16.2. The number of piperazine rings is 1. The molecule has 0 atom stereocenters. The van der Waals surface area contributed by atoms with E-state index in [1.807, 2.05) is 12.1 Å². The summed E-state index contributed by atoms with van der Waals surface area (Å²) in [6, 6.07) is 4.45. The molecule has 0 unspecified atom stereocenters. The highest BCUT2D eigenvalue weighted by molar-refractivity contribution is 5.97. The van der Waals surface area contributed by atoms with Crippen LogP contribution in [-0.4, -0.2) is 83.2 Å². The Hall–Kier alpha value is -1.79. The predicted octanol–water partition coefficient (Wildman–Crippen LogP) is 2.45. The van der Waals surface area contributed by atoms with Gasteiger partial charge in [0.05, 0.1) is 6.54 Å². The van der Waals surface area contributed by atoms with Gasteiger partial charge >= 0.3 is 0 Å². The number of carbonyl (C=O) groups is 2. The van der Waals surface area contributed by atoms with Crippen molar-refractivity contribution in [2.24, 2.45) is 11.3 Å². The van der Waals surface area contributed by atoms with Gasteiger partial charge in [-0.05, 0) is 69.2 Å². The van der Waals surface area contributed by atoms with Gasteiger partial charge in [-0.15, -0.1) is 0 Å². The second-order valence-electron chi connectivity index (χ2n) is 9.99. The topological polar surface area (TPSA) is 56.8 Å². The van der Waals surface area contributed by atoms with Gasteiger partial charge in [-0.2, -0.15) is 0 Å². The molecule has 2 saturated heterocycles. The third-order valence-electron chi connectivity index (χ3n) is 8.19. The molecular weight excluding hydrogens is 376 g/mol. The Bertz CT molecular complexity index is 755. The van der Waals surface area contributed by atoms with Crippen LogP contribution in [0.15, 0.2) is 24.5 Å². The summed E-state index contributed by atoms with van der Waals surface area (Å²) in [4.78, 5) is 36.5. The zero-order valence-electron chi connectivity index (χ0n) is 18.0. The molecule has 2 saturated carbocycles. The van der Waals surface area contributed by atoms with Gasteiger partial charge < -0.3 is 4.90 Å². The van der Waals surface area contributed by atoms with Crippen molar-refractivity contribution in [1.29, 1.82) is 0 Å². The van der Waals surface area contributed by atoms with Crippen LogP contribution in [0.2, 0.25) is 0 Å². The normalized spacial score (nSPS) is 25.7. The number of likely N-dealkylation sites (tertiary alicyclic amines) is 1. The average Bonchev–Trinajstić information content (AvgIpc) is 2.72. The highest BCUT2D eigenvalue weighted by Gasteiger charge is 2.49. The molecular formula is C24H34N4O2. The first kappa shape index (κ1) is 20.1. The Morgan fingerprint density at radius 3 is 2.37 bits per heavy atom. The number of hydrogen-bond acceptors (Lipinski definition) is 5. The van der Waals surface area contributed by atoms with Crippen LogP contribution < -0.4 is 0 Å². The van der Waals surface area contributed by atoms with E-state index in [1.165, 1.54) is 19.3 Å². The van der Waals surface area contributed by atoms with Crippen LogP contribution in [0.4, 0.5) is 0 Å². The molecule has 0 aromatic carbocycles. The molecule has 0 radical (unpaired) electrons. The minimum Gasteiger partial charge on any atom is -0.340 e. The van der Waals surface area contributed by atoms with Gasteiger partial charge in [0.1, 0.15) is 0 Å². The summed E-state index contributed by atoms with van der Waals surface area (Å²) in [5, 5.41) is 0. The first-order valence-electron chi connectivity index (χ1n) is 11.8. The van der Waals surface area contributed by atoms with Crippen molar-refractivity contribution in [1.82, 2.24) is 19.7 Å². The van der Waals surface area contributed by atoms with Crippen molar-refractivity contribution in [3.63, 3.8) is 0 Å². The minimum atomic E-state index is 0.154. The van der Waals surface area contributed by atoms with Crippen LogP contribution in [0.5, 0.6) is 0 Å². The molecule has 5 rings (SSSR count). The summed E-state index contributed by atoms with van der Waals surface area (Å²) in [7, 11) is 0. The van der Waals surface area contributed by atoms with Gasteiger partial charge in [-0.25, -0.2) is 0 Å². The monoisotopic (exact) mass is 410 g/mol. The van der Waals surface area contributed by atoms with Gasteiger partial charge in [0.2, 0.25) is 5.91 Å². The van der Waals surface area contributed by atoms with Gasteiger partial charge in [-0.1, -0.05) is 6.42 Å². The van der Waals surface area contributed by atoms with Gasteiger partial charge in [0, 0.05) is 56.1 Å². The van der Waals surface area contributed by atoms with Crippen LogP contribution in [0.3, 0.4) is 0 Å². The lowest BCUT2D eigenvalue weighted by atomic mass is 9.57. The molecule has 0 N–H and O–H groups in total. The summed E-state index contributed by atoms with van der Waals surface area (Å²) in [5.41, 5.74) is 1.05. The maximum absolute atomic E-state index is 13.0. The number of hydrogen-bond donors (Lipinski definition) is 0. The number of aromatic nitrogens is 1. The lowest BCUT2D eigenvalue weighted by Crippen LogP contribution is -2.57. The number of nitrogens with zero attached hydrogens (tertiary/aromatic N) is 4. The zero-order chi connectivity index (χ0) is 20.6. The number of carbonyl (C=O) groups excluding carboxylic acids is 2. The van der Waals surface area contributed by atoms with Crippen molar-refractivity contribution in [3.8, 4) is 0 Å². The lowest BCUT2D eigenvalue weighted by molar-refractivity contribution is -0.148. The molecule has 2 aliphatic carbocycles. The Morgan fingerprint density at radius 2 is 1.77 bits per heavy atom. The average molecular weight is 411 g/mol. The Labute approximate surface area is 179 Å². The maximum atomic E-state index is 13.0. The molecule has 30 heavy (non-hydrogen) atoms. The van der Waals surface area contributed by atoms with Crippen molar-refractivity contribution in [2.75, 3.05) is 45.8 Å². The second-order valence-corrected chi connectivity index (χ2v) is 9.99. The third kappa shape index (κ3) is 4.04. The Kier molecular flexibility index (Phi) is 5.63. The van der Waals surface area contributed by atoms with Gasteiger partial charge in [0.15, 0.2) is 5.78 Å². The van der Waals surface area contributed by atoms with Crippen LogP contribution in [-0.2, 0) is 4.79 Å². The largest absolute Gasteiger partial charge is 0.340 e. The first-order chi connectivity index (χ1) is 14.6. The van der Waals surface area contributed by atoms with E-state index in [9.17, 15) is 9.59 Å². The predicted molar refractivity (Wildman–Crippen MR) is 115 cm³/mol. The van der Waals surface area contributed by atoms with E-state index in [0.717, 1.165) is 71.0 Å². The van der Waals surface area contributed by atoms with Crippen molar-refractivity contribution in [3.05, 3.63) is 30.1 Å². The number of pyridine rings is 1. The quantitative estimate of drug-likeness (QED) is 0.698. The second kappa shape index (κ2) is 8.39. The number of ketones is 1. The van der Waals surface area contributed by atoms with E-state index in [4.69, 9.17) is 0 Å². The van der Waals surface area contributed by atoms with E-state index in [-0.39, 0.29) is 11.7 Å². The molecule has 1 spiro atoms. The van der Waals surface area contributed by atoms with E-state index in [0.29, 0.717) is 23.4 Å². The number of piperidine rings is 1. The van der Waals surface area contributed by atoms with Gasteiger partial charge in [-0.3, -0.25) is 24.4 Å². The fraction of sp³-hybridized carbons (Fsp3) is 0.708. The molecule has 162 valence electrons. The van der Waals surface area contributed by atoms with Crippen molar-refractivity contribution in [2.45, 2.75) is 51.0 Å². The summed E-state index contributed by atoms with van der Waals surface area (Å²) in [5.74, 6) is 0.800.